The van der Waals surface area contributed by atoms with Gasteiger partial charge < -0.3 is 0 Å². The van der Waals surface area contributed by atoms with E-state index in [-0.39, 0.29) is 0 Å². The van der Waals surface area contributed by atoms with Gasteiger partial charge in [0.05, 0.1) is 14.3 Å². The van der Waals surface area contributed by atoms with E-state index in [1.165, 1.54) is 78.5 Å². The lowest BCUT2D eigenvalue weighted by atomic mass is 9.34. The predicted molar refractivity (Wildman–Crippen MR) is 70.1 cm³/mol. The smallest absolute Gasteiger partial charge is 0.0901 e. The molecule has 0 aliphatic heterocycles. The Balaban J connectivity index is 2.20. The van der Waals surface area contributed by atoms with Gasteiger partial charge in [0.1, 0.15) is 0 Å². The normalized spacial score (nSPS) is 22.4. The fourth-order valence-corrected chi connectivity index (χ4v) is 2.77. The maximum Gasteiger partial charge on any atom is 0.0901 e. The summed E-state index contributed by atoms with van der Waals surface area (Å²) in [6.07, 6.45) is 15.0. The second-order valence-corrected chi connectivity index (χ2v) is 5.06. The van der Waals surface area contributed by atoms with Crippen molar-refractivity contribution in [3.05, 3.63) is 0 Å². The predicted octanol–water partition coefficient (Wildman–Crippen LogP) is 3.53. The summed E-state index contributed by atoms with van der Waals surface area (Å²) < 4.78 is 0. The molecular weight excluding hydrogens is 166 g/mol. The minimum atomic E-state index is 1.07. The van der Waals surface area contributed by atoms with Gasteiger partial charge in [-0.2, -0.15) is 0 Å². The molecular formula is C12H26B2. The Morgan fingerprint density at radius 1 is 0.714 bits per heavy atom. The average Bonchev–Trinajstić information content (AvgIpc) is 2.24. The van der Waals surface area contributed by atoms with Gasteiger partial charge in [-0.05, 0) is 0 Å². The summed E-state index contributed by atoms with van der Waals surface area (Å²) in [6, 6.07) is 0. The highest BCUT2D eigenvalue weighted by molar-refractivity contribution is 7.00. The Labute approximate surface area is 91.7 Å². The molecule has 0 nitrogen and oxygen atoms in total. The SMILES string of the molecule is CBBC1CCCCCCCCCC1. The molecule has 0 aromatic heterocycles. The van der Waals surface area contributed by atoms with Crippen molar-refractivity contribution in [2.75, 3.05) is 0 Å². The van der Waals surface area contributed by atoms with Crippen molar-refractivity contribution in [2.45, 2.75) is 76.8 Å². The van der Waals surface area contributed by atoms with Gasteiger partial charge in [-0.15, -0.1) is 0 Å². The van der Waals surface area contributed by atoms with Crippen molar-refractivity contribution in [1.29, 1.82) is 0 Å². The lowest BCUT2D eigenvalue weighted by molar-refractivity contribution is 0.583. The van der Waals surface area contributed by atoms with Crippen LogP contribution in [0.4, 0.5) is 0 Å². The molecule has 1 aliphatic carbocycles. The Hall–Kier alpha value is 0.130. The Morgan fingerprint density at radius 2 is 1.14 bits per heavy atom. The molecule has 0 saturated heterocycles. The molecule has 2 heteroatoms. The van der Waals surface area contributed by atoms with E-state index in [0.717, 1.165) is 5.82 Å². The van der Waals surface area contributed by atoms with Crippen LogP contribution in [-0.4, -0.2) is 14.3 Å². The van der Waals surface area contributed by atoms with Crippen LogP contribution in [0.25, 0.3) is 0 Å². The first-order chi connectivity index (χ1) is 6.93. The zero-order valence-corrected chi connectivity index (χ0v) is 10.1. The zero-order valence-electron chi connectivity index (χ0n) is 10.1. The highest BCUT2D eigenvalue weighted by atomic mass is 14.1. The van der Waals surface area contributed by atoms with E-state index >= 15 is 0 Å². The molecule has 1 rings (SSSR count). The minimum Gasteiger partial charge on any atom is -0.0958 e. The number of hydrogen-bond donors (Lipinski definition) is 0. The molecule has 0 aromatic rings. The van der Waals surface area contributed by atoms with Crippen molar-refractivity contribution in [3.8, 4) is 0 Å². The van der Waals surface area contributed by atoms with Gasteiger partial charge in [0.25, 0.3) is 0 Å². The topological polar surface area (TPSA) is 0 Å². The van der Waals surface area contributed by atoms with E-state index in [0.29, 0.717) is 0 Å². The van der Waals surface area contributed by atoms with Gasteiger partial charge in [-0.1, -0.05) is 76.8 Å². The van der Waals surface area contributed by atoms with Crippen LogP contribution in [0.2, 0.25) is 12.6 Å². The largest absolute Gasteiger partial charge is 0.0958 e. The molecule has 80 valence electrons. The second-order valence-electron chi connectivity index (χ2n) is 5.06. The molecule has 0 aromatic carbocycles. The third-order valence-corrected chi connectivity index (χ3v) is 3.67. The van der Waals surface area contributed by atoms with E-state index in [1.807, 2.05) is 0 Å². The lowest BCUT2D eigenvalue weighted by Crippen LogP contribution is -2.09. The molecule has 1 saturated carbocycles. The van der Waals surface area contributed by atoms with Crippen LogP contribution in [-0.2, 0) is 0 Å². The van der Waals surface area contributed by atoms with Gasteiger partial charge in [0.2, 0.25) is 0 Å². The molecule has 0 unspecified atom stereocenters. The number of hydrogen-bond acceptors (Lipinski definition) is 0. The highest BCUT2D eigenvalue weighted by Gasteiger charge is 2.09. The van der Waals surface area contributed by atoms with E-state index in [9.17, 15) is 0 Å². The van der Waals surface area contributed by atoms with Crippen LogP contribution in [0.3, 0.4) is 0 Å². The first-order valence-electron chi connectivity index (χ1n) is 6.93. The summed E-state index contributed by atoms with van der Waals surface area (Å²) >= 11 is 0. The summed E-state index contributed by atoms with van der Waals surface area (Å²) in [5.41, 5.74) is 0. The van der Waals surface area contributed by atoms with Gasteiger partial charge >= 0.3 is 0 Å². The van der Waals surface area contributed by atoms with Crippen molar-refractivity contribution in [2.24, 2.45) is 0 Å². The van der Waals surface area contributed by atoms with Crippen molar-refractivity contribution in [1.82, 2.24) is 0 Å². The standard InChI is InChI=1S/C12H26B2/c1-13-14-12-10-8-6-4-2-3-5-7-9-11-12/h12-14H,2-11H2,1H3. The third-order valence-electron chi connectivity index (χ3n) is 3.67. The Bertz CT molecular complexity index is 113. The molecule has 0 N–H and O–H groups in total. The monoisotopic (exact) mass is 192 g/mol. The zero-order chi connectivity index (χ0) is 10.1. The summed E-state index contributed by atoms with van der Waals surface area (Å²) in [5, 5.41) is 0. The van der Waals surface area contributed by atoms with E-state index < -0.39 is 0 Å². The fraction of sp³-hybridized carbons (Fsp3) is 1.00. The number of rotatable bonds is 2. The molecule has 1 fully saturated rings. The fourth-order valence-electron chi connectivity index (χ4n) is 2.77. The van der Waals surface area contributed by atoms with Crippen LogP contribution >= 0.6 is 0 Å². The van der Waals surface area contributed by atoms with Crippen LogP contribution in [0.15, 0.2) is 0 Å². The summed E-state index contributed by atoms with van der Waals surface area (Å²) in [4.78, 5) is 0. The Kier molecular flexibility index (Phi) is 7.35. The molecule has 0 bridgehead atoms. The first-order valence-corrected chi connectivity index (χ1v) is 6.93. The maximum absolute atomic E-state index is 2.34. The van der Waals surface area contributed by atoms with Crippen molar-refractivity contribution < 1.29 is 0 Å². The first kappa shape index (κ1) is 12.2. The van der Waals surface area contributed by atoms with Gasteiger partial charge in [0, 0.05) is 0 Å². The average molecular weight is 192 g/mol. The summed E-state index contributed by atoms with van der Waals surface area (Å²) in [7, 11) is 2.88. The second kappa shape index (κ2) is 8.44. The van der Waals surface area contributed by atoms with Crippen LogP contribution < -0.4 is 0 Å². The van der Waals surface area contributed by atoms with E-state index in [4.69, 9.17) is 0 Å². The molecule has 0 spiro atoms. The molecule has 14 heavy (non-hydrogen) atoms. The van der Waals surface area contributed by atoms with Crippen molar-refractivity contribution >= 4 is 14.3 Å². The lowest BCUT2D eigenvalue weighted by Gasteiger charge is -2.13. The van der Waals surface area contributed by atoms with Crippen LogP contribution in [0.5, 0.6) is 0 Å². The van der Waals surface area contributed by atoms with Crippen molar-refractivity contribution in [3.63, 3.8) is 0 Å². The van der Waals surface area contributed by atoms with Gasteiger partial charge in [0.15, 0.2) is 0 Å². The highest BCUT2D eigenvalue weighted by Crippen LogP contribution is 2.24. The molecule has 0 heterocycles. The maximum atomic E-state index is 2.34. The van der Waals surface area contributed by atoms with Gasteiger partial charge in [-0.3, -0.25) is 0 Å². The van der Waals surface area contributed by atoms with Gasteiger partial charge in [-0.25, -0.2) is 0 Å². The van der Waals surface area contributed by atoms with E-state index in [2.05, 4.69) is 6.82 Å². The van der Waals surface area contributed by atoms with E-state index in [1.54, 1.807) is 0 Å². The summed E-state index contributed by atoms with van der Waals surface area (Å²) in [5.74, 6) is 1.07. The molecule has 0 atom stereocenters. The third kappa shape index (κ3) is 5.78. The molecule has 0 amide bonds. The minimum absolute atomic E-state index is 1.07. The van der Waals surface area contributed by atoms with Crippen LogP contribution in [0, 0.1) is 0 Å². The molecule has 1 aliphatic rings. The Morgan fingerprint density at radius 3 is 1.57 bits per heavy atom. The quantitative estimate of drug-likeness (QED) is 0.587. The van der Waals surface area contributed by atoms with Crippen LogP contribution in [0.1, 0.15) is 64.2 Å². The summed E-state index contributed by atoms with van der Waals surface area (Å²) in [6.45, 7) is 2.34. The molecule has 0 radical (unpaired) electrons.